The highest BCUT2D eigenvalue weighted by molar-refractivity contribution is 6.33. The molecular formula is C34H36ClFN8O4. The SMILES string of the molecule is CC1(NC(=O)c2ncccc2Cl)CCN(c2ccc(-c3cc(OCC4(F)CN(C(=O)OC(C)(C)C)C4)cn4ncc(C#N)c34)cn2)CC1. The third kappa shape index (κ3) is 6.99. The molecule has 2 aliphatic heterocycles. The third-order valence-corrected chi connectivity index (χ3v) is 8.75. The van der Waals surface area contributed by atoms with Crippen LogP contribution in [0.2, 0.25) is 5.02 Å². The Morgan fingerprint density at radius 1 is 1.15 bits per heavy atom. The average Bonchev–Trinajstić information content (AvgIpc) is 3.45. The van der Waals surface area contributed by atoms with Crippen LogP contribution in [0.25, 0.3) is 16.6 Å². The maximum absolute atomic E-state index is 15.4. The summed E-state index contributed by atoms with van der Waals surface area (Å²) in [6, 6.07) is 11.1. The van der Waals surface area contributed by atoms with E-state index in [0.29, 0.717) is 53.3 Å². The number of nitriles is 1. The summed E-state index contributed by atoms with van der Waals surface area (Å²) in [5, 5.41) is 17.5. The molecule has 1 N–H and O–H groups in total. The molecular weight excluding hydrogens is 639 g/mol. The topological polar surface area (TPSA) is 138 Å². The lowest BCUT2D eigenvalue weighted by molar-refractivity contribution is -0.0686. The van der Waals surface area contributed by atoms with Crippen molar-refractivity contribution in [2.45, 2.75) is 57.3 Å². The number of fused-ring (bicyclic) bond motifs is 1. The number of likely N-dealkylation sites (tertiary alicyclic amines) is 1. The number of rotatable bonds is 7. The van der Waals surface area contributed by atoms with E-state index in [2.05, 4.69) is 26.4 Å². The number of piperidine rings is 1. The number of anilines is 1. The summed E-state index contributed by atoms with van der Waals surface area (Å²) in [6.07, 6.45) is 7.16. The Balaban J connectivity index is 1.13. The van der Waals surface area contributed by atoms with E-state index >= 15 is 4.39 Å². The number of pyridine rings is 3. The van der Waals surface area contributed by atoms with Crippen molar-refractivity contribution in [1.82, 2.24) is 29.8 Å². The van der Waals surface area contributed by atoms with E-state index in [0.717, 1.165) is 11.4 Å². The van der Waals surface area contributed by atoms with Gasteiger partial charge in [0.15, 0.2) is 5.67 Å². The Morgan fingerprint density at radius 3 is 2.54 bits per heavy atom. The van der Waals surface area contributed by atoms with Gasteiger partial charge in [-0.15, -0.1) is 0 Å². The van der Waals surface area contributed by atoms with Crippen molar-refractivity contribution in [3.05, 3.63) is 71.4 Å². The van der Waals surface area contributed by atoms with E-state index in [4.69, 9.17) is 26.1 Å². The van der Waals surface area contributed by atoms with E-state index in [-0.39, 0.29) is 31.3 Å². The summed E-state index contributed by atoms with van der Waals surface area (Å²) in [5.74, 6) is 0.827. The van der Waals surface area contributed by atoms with Gasteiger partial charge in [0.2, 0.25) is 0 Å². The second kappa shape index (κ2) is 12.6. The minimum Gasteiger partial charge on any atom is -0.488 e. The molecule has 250 valence electrons. The molecule has 0 bridgehead atoms. The molecule has 0 radical (unpaired) electrons. The fraction of sp³-hybridized carbons (Fsp3) is 0.412. The van der Waals surface area contributed by atoms with Crippen LogP contribution in [0.4, 0.5) is 15.0 Å². The highest BCUT2D eigenvalue weighted by Gasteiger charge is 2.48. The number of nitrogens with one attached hydrogen (secondary N) is 1. The summed E-state index contributed by atoms with van der Waals surface area (Å²) in [7, 11) is 0. The van der Waals surface area contributed by atoms with Crippen LogP contribution in [-0.2, 0) is 4.74 Å². The molecule has 14 heteroatoms. The highest BCUT2D eigenvalue weighted by atomic mass is 35.5. The van der Waals surface area contributed by atoms with E-state index in [1.165, 1.54) is 15.6 Å². The molecule has 12 nitrogen and oxygen atoms in total. The van der Waals surface area contributed by atoms with Gasteiger partial charge in [-0.05, 0) is 70.9 Å². The Labute approximate surface area is 282 Å². The predicted molar refractivity (Wildman–Crippen MR) is 177 cm³/mol. The van der Waals surface area contributed by atoms with Gasteiger partial charge in [-0.25, -0.2) is 23.7 Å². The monoisotopic (exact) mass is 674 g/mol. The highest BCUT2D eigenvalue weighted by Crippen LogP contribution is 2.34. The number of hydrogen-bond acceptors (Lipinski definition) is 9. The predicted octanol–water partition coefficient (Wildman–Crippen LogP) is 5.44. The first-order valence-corrected chi connectivity index (χ1v) is 16.0. The van der Waals surface area contributed by atoms with Gasteiger partial charge >= 0.3 is 6.09 Å². The van der Waals surface area contributed by atoms with Crippen LogP contribution >= 0.6 is 11.6 Å². The molecule has 2 fully saturated rings. The molecule has 0 unspecified atom stereocenters. The smallest absolute Gasteiger partial charge is 0.410 e. The lowest BCUT2D eigenvalue weighted by Gasteiger charge is -2.43. The quantitative estimate of drug-likeness (QED) is 0.271. The number of alkyl halides is 1. The zero-order chi connectivity index (χ0) is 34.3. The summed E-state index contributed by atoms with van der Waals surface area (Å²) in [4.78, 5) is 37.4. The molecule has 4 aromatic heterocycles. The Morgan fingerprint density at radius 2 is 1.90 bits per heavy atom. The largest absolute Gasteiger partial charge is 0.488 e. The fourth-order valence-electron chi connectivity index (χ4n) is 5.85. The van der Waals surface area contributed by atoms with Gasteiger partial charge in [-0.1, -0.05) is 11.6 Å². The third-order valence-electron chi connectivity index (χ3n) is 8.44. The first kappa shape index (κ1) is 33.0. The van der Waals surface area contributed by atoms with Crippen LogP contribution in [0.3, 0.4) is 0 Å². The number of nitrogens with zero attached hydrogens (tertiary/aromatic N) is 7. The van der Waals surface area contributed by atoms with Crippen LogP contribution in [-0.4, -0.2) is 86.1 Å². The maximum Gasteiger partial charge on any atom is 0.410 e. The normalized spacial score (nSPS) is 16.9. The lowest BCUT2D eigenvalue weighted by atomic mass is 9.89. The molecule has 2 amide bonds. The van der Waals surface area contributed by atoms with E-state index < -0.39 is 22.9 Å². The second-order valence-electron chi connectivity index (χ2n) is 13.6. The number of hydrogen-bond donors (Lipinski definition) is 1. The lowest BCUT2D eigenvalue weighted by Crippen LogP contribution is -2.64. The van der Waals surface area contributed by atoms with Crippen molar-refractivity contribution in [3.8, 4) is 22.9 Å². The molecule has 6 rings (SSSR count). The van der Waals surface area contributed by atoms with Crippen LogP contribution < -0.4 is 15.0 Å². The Kier molecular flexibility index (Phi) is 8.63. The molecule has 0 saturated carbocycles. The van der Waals surface area contributed by atoms with Crippen molar-refractivity contribution in [2.24, 2.45) is 0 Å². The number of ether oxygens (including phenoxy) is 2. The standard InChI is InChI=1S/C34H36ClFN8O4/c1-32(2,3)48-31(46)43-19-34(36,20-43)21-47-24-14-25(29-23(15-37)17-40-44(29)18-24)22-7-8-27(39-16-22)42-12-9-33(4,10-13-42)41-30(45)28-26(35)6-5-11-38-28/h5-8,11,14,16-18H,9-10,12-13,19-21H2,1-4H3,(H,41,45). The number of halogens is 2. The van der Waals surface area contributed by atoms with E-state index in [9.17, 15) is 14.9 Å². The van der Waals surface area contributed by atoms with Crippen molar-refractivity contribution in [3.63, 3.8) is 0 Å². The van der Waals surface area contributed by atoms with Gasteiger partial charge in [0.25, 0.3) is 5.91 Å². The van der Waals surface area contributed by atoms with Crippen LogP contribution in [0, 0.1) is 11.3 Å². The van der Waals surface area contributed by atoms with Crippen LogP contribution in [0.15, 0.2) is 55.1 Å². The molecule has 0 atom stereocenters. The molecule has 2 saturated heterocycles. The molecule has 6 heterocycles. The molecule has 4 aromatic rings. The van der Waals surface area contributed by atoms with Crippen molar-refractivity contribution >= 4 is 34.9 Å². The molecule has 0 aromatic carbocycles. The minimum atomic E-state index is -1.73. The van der Waals surface area contributed by atoms with Crippen molar-refractivity contribution < 1.29 is 23.5 Å². The maximum atomic E-state index is 15.4. The summed E-state index contributed by atoms with van der Waals surface area (Å²) in [6.45, 7) is 8.09. The van der Waals surface area contributed by atoms with Gasteiger partial charge in [-0.2, -0.15) is 10.4 Å². The molecule has 2 aliphatic rings. The van der Waals surface area contributed by atoms with Gasteiger partial charge in [0.1, 0.15) is 35.5 Å². The number of carbonyl (C=O) groups is 2. The van der Waals surface area contributed by atoms with Crippen LogP contribution in [0.1, 0.15) is 56.6 Å². The second-order valence-corrected chi connectivity index (χ2v) is 14.0. The first-order chi connectivity index (χ1) is 22.7. The van der Waals surface area contributed by atoms with Gasteiger partial charge in [-0.3, -0.25) is 4.79 Å². The summed E-state index contributed by atoms with van der Waals surface area (Å²) in [5.41, 5.74) is -0.291. The Hall–Kier alpha value is -4.96. The van der Waals surface area contributed by atoms with Crippen LogP contribution in [0.5, 0.6) is 5.75 Å². The fourth-order valence-corrected chi connectivity index (χ4v) is 6.06. The molecule has 0 aliphatic carbocycles. The first-order valence-electron chi connectivity index (χ1n) is 15.6. The average molecular weight is 675 g/mol. The van der Waals surface area contributed by atoms with Gasteiger partial charge in [0, 0.05) is 42.1 Å². The Bertz CT molecular complexity index is 1890. The zero-order valence-electron chi connectivity index (χ0n) is 27.2. The minimum absolute atomic E-state index is 0.136. The van der Waals surface area contributed by atoms with Gasteiger partial charge < -0.3 is 24.6 Å². The number of amides is 2. The summed E-state index contributed by atoms with van der Waals surface area (Å²) >= 11 is 6.17. The number of carbonyl (C=O) groups excluding carboxylic acids is 2. The van der Waals surface area contributed by atoms with Crippen molar-refractivity contribution in [2.75, 3.05) is 37.7 Å². The zero-order valence-corrected chi connectivity index (χ0v) is 27.9. The van der Waals surface area contributed by atoms with E-state index in [1.54, 1.807) is 57.6 Å². The summed E-state index contributed by atoms with van der Waals surface area (Å²) < 4.78 is 28.1. The number of aromatic nitrogens is 4. The van der Waals surface area contributed by atoms with E-state index in [1.807, 2.05) is 19.1 Å². The molecule has 0 spiro atoms. The van der Waals surface area contributed by atoms with Crippen molar-refractivity contribution in [1.29, 1.82) is 5.26 Å². The molecule has 48 heavy (non-hydrogen) atoms. The van der Waals surface area contributed by atoms with Gasteiger partial charge in [0.05, 0.1) is 41.6 Å².